The van der Waals surface area contributed by atoms with Crippen molar-refractivity contribution in [3.8, 4) is 0 Å². The molecule has 2 aromatic heterocycles. The number of hydrogen-bond acceptors (Lipinski definition) is 10. The highest BCUT2D eigenvalue weighted by molar-refractivity contribution is 7.18. The molecular formula is C20H24N6O4S2. The minimum Gasteiger partial charge on any atom is -0.378 e. The van der Waals surface area contributed by atoms with Gasteiger partial charge in [0.05, 0.1) is 48.9 Å². The van der Waals surface area contributed by atoms with E-state index in [9.17, 15) is 9.59 Å². The average Bonchev–Trinajstić information content (AvgIpc) is 3.50. The number of morpholine rings is 2. The zero-order valence-corrected chi connectivity index (χ0v) is 19.0. The van der Waals surface area contributed by atoms with Gasteiger partial charge in [-0.05, 0) is 24.3 Å². The van der Waals surface area contributed by atoms with Gasteiger partial charge in [-0.3, -0.25) is 9.59 Å². The van der Waals surface area contributed by atoms with Crippen LogP contribution in [0.25, 0.3) is 0 Å². The Morgan fingerprint density at radius 1 is 0.750 bits per heavy atom. The van der Waals surface area contributed by atoms with E-state index in [2.05, 4.69) is 30.9 Å². The number of nitrogens with one attached hydrogen (secondary N) is 2. The molecule has 0 aliphatic carbocycles. The molecule has 2 fully saturated rings. The first-order valence-corrected chi connectivity index (χ1v) is 11.8. The van der Waals surface area contributed by atoms with Gasteiger partial charge in [-0.15, -0.1) is 22.7 Å². The van der Waals surface area contributed by atoms with Gasteiger partial charge in [-0.2, -0.15) is 10.2 Å². The summed E-state index contributed by atoms with van der Waals surface area (Å²) in [7, 11) is 0. The molecule has 2 amide bonds. The Morgan fingerprint density at radius 3 is 1.56 bits per heavy atom. The molecule has 0 saturated carbocycles. The smallest absolute Gasteiger partial charge is 0.331 e. The summed E-state index contributed by atoms with van der Waals surface area (Å²) in [6.45, 7) is 6.30. The van der Waals surface area contributed by atoms with Crippen molar-refractivity contribution in [2.24, 2.45) is 10.2 Å². The molecule has 0 unspecified atom stereocenters. The van der Waals surface area contributed by atoms with E-state index in [1.807, 2.05) is 24.3 Å². The molecule has 32 heavy (non-hydrogen) atoms. The van der Waals surface area contributed by atoms with Gasteiger partial charge in [-0.1, -0.05) is 0 Å². The molecule has 2 saturated heterocycles. The largest absolute Gasteiger partial charge is 0.378 e. The predicted octanol–water partition coefficient (Wildman–Crippen LogP) is 1.08. The van der Waals surface area contributed by atoms with Gasteiger partial charge < -0.3 is 19.3 Å². The molecule has 0 radical (unpaired) electrons. The maximum absolute atomic E-state index is 11.9. The molecule has 12 heteroatoms. The van der Waals surface area contributed by atoms with Crippen molar-refractivity contribution in [3.63, 3.8) is 0 Å². The first-order chi connectivity index (χ1) is 15.7. The number of carbonyl (C=O) groups is 2. The monoisotopic (exact) mass is 476 g/mol. The topological polar surface area (TPSA) is 108 Å². The quantitative estimate of drug-likeness (QED) is 0.367. The minimum absolute atomic E-state index is 0.719. The molecule has 4 rings (SSSR count). The molecule has 0 atom stereocenters. The lowest BCUT2D eigenvalue weighted by Crippen LogP contribution is -2.35. The van der Waals surface area contributed by atoms with Crippen LogP contribution >= 0.6 is 22.7 Å². The van der Waals surface area contributed by atoms with Crippen molar-refractivity contribution in [1.29, 1.82) is 0 Å². The third-order valence-corrected chi connectivity index (χ3v) is 6.95. The number of thiophene rings is 2. The Kier molecular flexibility index (Phi) is 7.82. The van der Waals surface area contributed by atoms with E-state index >= 15 is 0 Å². The van der Waals surface area contributed by atoms with Crippen molar-refractivity contribution < 1.29 is 19.1 Å². The van der Waals surface area contributed by atoms with E-state index in [1.54, 1.807) is 22.7 Å². The Morgan fingerprint density at radius 2 is 1.16 bits per heavy atom. The van der Waals surface area contributed by atoms with E-state index in [-0.39, 0.29) is 0 Å². The average molecular weight is 477 g/mol. The second kappa shape index (κ2) is 11.2. The lowest BCUT2D eigenvalue weighted by molar-refractivity contribution is -0.139. The van der Waals surface area contributed by atoms with Gasteiger partial charge in [0.1, 0.15) is 0 Å². The molecular weight excluding hydrogens is 452 g/mol. The van der Waals surface area contributed by atoms with Crippen LogP contribution in [-0.2, 0) is 19.1 Å². The zero-order valence-electron chi connectivity index (χ0n) is 17.4. The van der Waals surface area contributed by atoms with Crippen LogP contribution in [0.5, 0.6) is 0 Å². The summed E-state index contributed by atoms with van der Waals surface area (Å²) in [4.78, 5) is 30.0. The summed E-state index contributed by atoms with van der Waals surface area (Å²) < 4.78 is 10.7. The van der Waals surface area contributed by atoms with Gasteiger partial charge in [-0.25, -0.2) is 10.9 Å². The third kappa shape index (κ3) is 6.13. The van der Waals surface area contributed by atoms with Crippen LogP contribution in [0.2, 0.25) is 0 Å². The highest BCUT2D eigenvalue weighted by atomic mass is 32.1. The summed E-state index contributed by atoms with van der Waals surface area (Å²) in [5.74, 6) is -1.77. The number of hydrogen-bond donors (Lipinski definition) is 2. The van der Waals surface area contributed by atoms with Gasteiger partial charge in [0, 0.05) is 35.9 Å². The molecule has 0 bridgehead atoms. The molecule has 170 valence electrons. The Bertz CT molecular complexity index is 898. The van der Waals surface area contributed by atoms with Crippen LogP contribution in [0.3, 0.4) is 0 Å². The lowest BCUT2D eigenvalue weighted by Gasteiger charge is -2.27. The van der Waals surface area contributed by atoms with Crippen LogP contribution in [-0.4, -0.2) is 76.9 Å². The maximum Gasteiger partial charge on any atom is 0.331 e. The number of anilines is 2. The van der Waals surface area contributed by atoms with Crippen molar-refractivity contribution in [2.45, 2.75) is 0 Å². The number of nitrogens with zero attached hydrogens (tertiary/aromatic N) is 4. The molecule has 0 spiro atoms. The molecule has 2 aliphatic rings. The molecule has 10 nitrogen and oxygen atoms in total. The second-order valence-corrected chi connectivity index (χ2v) is 9.14. The van der Waals surface area contributed by atoms with Crippen LogP contribution in [0.4, 0.5) is 10.0 Å². The second-order valence-electron chi connectivity index (χ2n) is 6.95. The molecule has 0 aromatic carbocycles. The van der Waals surface area contributed by atoms with Gasteiger partial charge in [0.2, 0.25) is 0 Å². The van der Waals surface area contributed by atoms with E-state index in [0.717, 1.165) is 72.4 Å². The number of carbonyl (C=O) groups excluding carboxylic acids is 2. The molecule has 4 heterocycles. The number of amides is 2. The fraction of sp³-hybridized carbons (Fsp3) is 0.400. The summed E-state index contributed by atoms with van der Waals surface area (Å²) in [6.07, 6.45) is 3.03. The van der Waals surface area contributed by atoms with Crippen LogP contribution in [0.15, 0.2) is 34.5 Å². The highest BCUT2D eigenvalue weighted by Crippen LogP contribution is 2.26. The first kappa shape index (κ1) is 22.4. The SMILES string of the molecule is O=C(N/N=C/c1ccc(N2CCOCC2)s1)C(=O)N/N=C/c1ccc(N2CCOCC2)s1. The lowest BCUT2D eigenvalue weighted by atomic mass is 10.4. The van der Waals surface area contributed by atoms with Crippen molar-refractivity contribution >= 4 is 56.9 Å². The standard InChI is InChI=1S/C20H24N6O4S2/c27-19(23-21-13-15-1-3-17(31-15)25-5-9-29-10-6-25)20(28)24-22-14-16-2-4-18(32-16)26-7-11-30-12-8-26/h1-4,13-14H,5-12H2,(H,23,27)(H,24,28)/b21-13+,22-14+. The van der Waals surface area contributed by atoms with E-state index in [0.29, 0.717) is 0 Å². The Hall–Kier alpha value is -2.80. The summed E-state index contributed by atoms with van der Waals surface area (Å²) in [6, 6.07) is 7.86. The Balaban J connectivity index is 1.21. The summed E-state index contributed by atoms with van der Waals surface area (Å²) in [5.41, 5.74) is 4.43. The van der Waals surface area contributed by atoms with Crippen molar-refractivity contribution in [3.05, 3.63) is 34.0 Å². The van der Waals surface area contributed by atoms with Crippen molar-refractivity contribution in [2.75, 3.05) is 62.4 Å². The van der Waals surface area contributed by atoms with Gasteiger partial charge in [0.25, 0.3) is 0 Å². The summed E-state index contributed by atoms with van der Waals surface area (Å²) >= 11 is 3.12. The van der Waals surface area contributed by atoms with E-state index < -0.39 is 11.8 Å². The van der Waals surface area contributed by atoms with Crippen LogP contribution in [0.1, 0.15) is 9.75 Å². The van der Waals surface area contributed by atoms with E-state index in [1.165, 1.54) is 12.4 Å². The number of rotatable bonds is 6. The third-order valence-electron chi connectivity index (χ3n) is 4.79. The Labute approximate surface area is 193 Å². The van der Waals surface area contributed by atoms with Gasteiger partial charge >= 0.3 is 11.8 Å². The van der Waals surface area contributed by atoms with Gasteiger partial charge in [0.15, 0.2) is 0 Å². The minimum atomic E-state index is -0.886. The molecule has 2 N–H and O–H groups in total. The van der Waals surface area contributed by atoms with E-state index in [4.69, 9.17) is 9.47 Å². The highest BCUT2D eigenvalue weighted by Gasteiger charge is 2.15. The number of hydrazone groups is 2. The first-order valence-electron chi connectivity index (χ1n) is 10.2. The van der Waals surface area contributed by atoms with Crippen molar-refractivity contribution in [1.82, 2.24) is 10.9 Å². The summed E-state index contributed by atoms with van der Waals surface area (Å²) in [5, 5.41) is 9.96. The normalized spacial score (nSPS) is 17.2. The fourth-order valence-corrected chi connectivity index (χ4v) is 5.00. The number of ether oxygens (including phenoxy) is 2. The zero-order chi connectivity index (χ0) is 22.2. The predicted molar refractivity (Wildman–Crippen MR) is 126 cm³/mol. The van der Waals surface area contributed by atoms with Crippen LogP contribution < -0.4 is 20.7 Å². The molecule has 2 aromatic rings. The fourth-order valence-electron chi connectivity index (χ4n) is 3.14. The van der Waals surface area contributed by atoms with Crippen LogP contribution in [0, 0.1) is 0 Å². The maximum atomic E-state index is 11.9. The molecule has 2 aliphatic heterocycles.